The van der Waals surface area contributed by atoms with Crippen molar-refractivity contribution in [3.63, 3.8) is 0 Å². The summed E-state index contributed by atoms with van der Waals surface area (Å²) in [5.74, 6) is -0.721. The third-order valence-corrected chi connectivity index (χ3v) is 6.54. The maximum absolute atomic E-state index is 13.9. The lowest BCUT2D eigenvalue weighted by molar-refractivity contribution is -0.139. The van der Waals surface area contributed by atoms with E-state index in [0.29, 0.717) is 5.82 Å². The zero-order valence-corrected chi connectivity index (χ0v) is 21.3. The molecule has 2 heterocycles. The van der Waals surface area contributed by atoms with Gasteiger partial charge in [0.05, 0.1) is 35.7 Å². The van der Waals surface area contributed by atoms with E-state index in [-0.39, 0.29) is 18.2 Å². The maximum Gasteiger partial charge on any atom is 0.305 e. The lowest BCUT2D eigenvalue weighted by Crippen LogP contribution is -2.19. The number of carboxylic acid groups (broad SMARTS) is 1. The Kier molecular flexibility index (Phi) is 8.10. The Morgan fingerprint density at radius 2 is 1.86 bits per heavy atom. The number of aromatic nitrogens is 3. The van der Waals surface area contributed by atoms with Crippen LogP contribution in [-0.4, -0.2) is 48.4 Å². The quantitative estimate of drug-likeness (QED) is 0.400. The molecular formula is C29H32FN3O4. The van der Waals surface area contributed by atoms with E-state index in [1.165, 1.54) is 12.1 Å². The van der Waals surface area contributed by atoms with Gasteiger partial charge in [-0.1, -0.05) is 38.1 Å². The van der Waals surface area contributed by atoms with Crippen molar-refractivity contribution in [1.29, 1.82) is 0 Å². The van der Waals surface area contributed by atoms with Crippen LogP contribution in [0.4, 0.5) is 4.39 Å². The number of carbonyl (C=O) groups is 1. The molecule has 0 saturated heterocycles. The van der Waals surface area contributed by atoms with Gasteiger partial charge >= 0.3 is 5.97 Å². The molecule has 0 unspecified atom stereocenters. The third kappa shape index (κ3) is 6.09. The second kappa shape index (κ2) is 11.3. The second-order valence-electron chi connectivity index (χ2n) is 9.82. The Morgan fingerprint density at radius 1 is 1.14 bits per heavy atom. The molecule has 8 heteroatoms. The lowest BCUT2D eigenvalue weighted by atomic mass is 9.87. The number of benzene rings is 1. The van der Waals surface area contributed by atoms with Crippen molar-refractivity contribution in [2.24, 2.45) is 0 Å². The first-order valence-electron chi connectivity index (χ1n) is 12.6. The topological polar surface area (TPSA) is 116 Å². The Morgan fingerprint density at radius 3 is 2.54 bits per heavy atom. The molecule has 1 aromatic carbocycles. The number of aliphatic hydroxyl groups excluding tert-OH is 2. The normalized spacial score (nSPS) is 14.8. The average molecular weight is 506 g/mol. The van der Waals surface area contributed by atoms with E-state index < -0.39 is 24.6 Å². The number of aryl methyl sites for hydroxylation is 2. The molecule has 2 atom stereocenters. The first-order chi connectivity index (χ1) is 17.6. The van der Waals surface area contributed by atoms with Crippen molar-refractivity contribution in [1.82, 2.24) is 15.0 Å². The summed E-state index contributed by atoms with van der Waals surface area (Å²) < 4.78 is 13.9. The Balaban J connectivity index is 1.91. The SMILES string of the molecule is Cc1ncc2c(n1)CCCc1c-2nc(C(C)C)c(C=C[C@@H](O)C[C@@H](O)CC(=O)O)c1-c1ccc(F)cc1. The van der Waals surface area contributed by atoms with Crippen LogP contribution in [0.3, 0.4) is 0 Å². The highest BCUT2D eigenvalue weighted by Crippen LogP contribution is 2.41. The van der Waals surface area contributed by atoms with Crippen molar-refractivity contribution >= 4 is 12.0 Å². The number of carboxylic acids is 1. The summed E-state index contributed by atoms with van der Waals surface area (Å²) in [6.45, 7) is 5.95. The summed E-state index contributed by atoms with van der Waals surface area (Å²) in [5, 5.41) is 29.4. The molecule has 7 nitrogen and oxygen atoms in total. The molecule has 0 radical (unpaired) electrons. The Bertz CT molecular complexity index is 1320. The van der Waals surface area contributed by atoms with Crippen molar-refractivity contribution in [2.45, 2.75) is 71.0 Å². The summed E-state index contributed by atoms with van der Waals surface area (Å²) in [4.78, 5) is 25.1. The van der Waals surface area contributed by atoms with Gasteiger partial charge in [0.2, 0.25) is 0 Å². The fourth-order valence-electron chi connectivity index (χ4n) is 4.87. The predicted molar refractivity (Wildman–Crippen MR) is 139 cm³/mol. The molecule has 3 aromatic rings. The predicted octanol–water partition coefficient (Wildman–Crippen LogP) is 4.87. The van der Waals surface area contributed by atoms with E-state index in [2.05, 4.69) is 9.97 Å². The van der Waals surface area contributed by atoms with Crippen LogP contribution in [0, 0.1) is 12.7 Å². The summed E-state index contributed by atoms with van der Waals surface area (Å²) in [6.07, 6.45) is 4.82. The molecule has 3 N–H and O–H groups in total. The maximum atomic E-state index is 13.9. The number of hydrogen-bond acceptors (Lipinski definition) is 6. The standard InChI is InChI=1S/C29H32FN3O4/c1-16(2)28-23(12-11-20(34)13-21(35)14-26(36)37)27(18-7-9-19(30)10-8-18)22-5-4-6-25-24(29(22)33-28)15-31-17(3)32-25/h7-12,15-16,20-21,34-35H,4-6,13-14H2,1-3H3,(H,36,37)/t20-,21-/m1/s1. The zero-order chi connectivity index (χ0) is 26.7. The van der Waals surface area contributed by atoms with E-state index in [1.807, 2.05) is 27.0 Å². The fourth-order valence-corrected chi connectivity index (χ4v) is 4.87. The van der Waals surface area contributed by atoms with E-state index in [9.17, 15) is 19.4 Å². The largest absolute Gasteiger partial charge is 0.481 e. The number of fused-ring (bicyclic) bond motifs is 3. The highest BCUT2D eigenvalue weighted by Gasteiger charge is 2.26. The molecule has 0 spiro atoms. The Hall–Kier alpha value is -3.49. The van der Waals surface area contributed by atoms with Crippen LogP contribution in [0.5, 0.6) is 0 Å². The van der Waals surface area contributed by atoms with Crippen LogP contribution >= 0.6 is 0 Å². The number of pyridine rings is 1. The first kappa shape index (κ1) is 26.6. The molecule has 4 rings (SSSR count). The molecule has 0 aliphatic heterocycles. The number of nitrogens with zero attached hydrogens (tertiary/aromatic N) is 3. The van der Waals surface area contributed by atoms with Crippen LogP contribution in [0.15, 0.2) is 36.5 Å². The minimum absolute atomic E-state index is 0.0250. The minimum Gasteiger partial charge on any atom is -0.481 e. The zero-order valence-electron chi connectivity index (χ0n) is 21.3. The third-order valence-electron chi connectivity index (χ3n) is 6.54. The first-order valence-corrected chi connectivity index (χ1v) is 12.6. The van der Waals surface area contributed by atoms with Gasteiger partial charge in [0.1, 0.15) is 11.6 Å². The van der Waals surface area contributed by atoms with Gasteiger partial charge < -0.3 is 15.3 Å². The molecular weight excluding hydrogens is 473 g/mol. The van der Waals surface area contributed by atoms with Crippen molar-refractivity contribution in [3.05, 3.63) is 70.7 Å². The van der Waals surface area contributed by atoms with Crippen molar-refractivity contribution < 1.29 is 24.5 Å². The van der Waals surface area contributed by atoms with Gasteiger partial charge in [0, 0.05) is 23.7 Å². The van der Waals surface area contributed by atoms with Crippen LogP contribution in [-0.2, 0) is 17.6 Å². The van der Waals surface area contributed by atoms with E-state index in [0.717, 1.165) is 64.2 Å². The number of aliphatic carboxylic acids is 1. The molecule has 0 fully saturated rings. The summed E-state index contributed by atoms with van der Waals surface area (Å²) >= 11 is 0. The van der Waals surface area contributed by atoms with E-state index >= 15 is 0 Å². The number of halogens is 1. The van der Waals surface area contributed by atoms with Crippen molar-refractivity contribution in [3.8, 4) is 22.4 Å². The smallest absolute Gasteiger partial charge is 0.305 e. The van der Waals surface area contributed by atoms with Gasteiger partial charge in [0.25, 0.3) is 0 Å². The monoisotopic (exact) mass is 505 g/mol. The Labute approximate surface area is 215 Å². The van der Waals surface area contributed by atoms with Crippen LogP contribution in [0.25, 0.3) is 28.5 Å². The van der Waals surface area contributed by atoms with Crippen LogP contribution in [0.1, 0.15) is 67.4 Å². The number of rotatable bonds is 8. The van der Waals surface area contributed by atoms with Crippen molar-refractivity contribution in [2.75, 3.05) is 0 Å². The summed E-state index contributed by atoms with van der Waals surface area (Å²) in [7, 11) is 0. The average Bonchev–Trinajstić information content (AvgIpc) is 3.00. The highest BCUT2D eigenvalue weighted by atomic mass is 19.1. The highest BCUT2D eigenvalue weighted by molar-refractivity contribution is 5.85. The minimum atomic E-state index is -1.16. The molecule has 0 saturated carbocycles. The lowest BCUT2D eigenvalue weighted by Gasteiger charge is -2.22. The van der Waals surface area contributed by atoms with E-state index in [1.54, 1.807) is 24.3 Å². The molecule has 194 valence electrons. The van der Waals surface area contributed by atoms with E-state index in [4.69, 9.17) is 10.1 Å². The fraction of sp³-hybridized carbons (Fsp3) is 0.379. The molecule has 0 amide bonds. The summed E-state index contributed by atoms with van der Waals surface area (Å²) in [5.41, 5.74) is 7.06. The van der Waals surface area contributed by atoms with Gasteiger partial charge in [-0.25, -0.2) is 14.4 Å². The molecule has 1 aliphatic carbocycles. The molecule has 0 bridgehead atoms. The van der Waals surface area contributed by atoms with Gasteiger partial charge in [-0.2, -0.15) is 0 Å². The molecule has 37 heavy (non-hydrogen) atoms. The van der Waals surface area contributed by atoms with Crippen LogP contribution in [0.2, 0.25) is 0 Å². The summed E-state index contributed by atoms with van der Waals surface area (Å²) in [6, 6.07) is 6.35. The van der Waals surface area contributed by atoms with Gasteiger partial charge in [0.15, 0.2) is 0 Å². The van der Waals surface area contributed by atoms with Gasteiger partial charge in [-0.3, -0.25) is 9.78 Å². The second-order valence-corrected chi connectivity index (χ2v) is 9.82. The molecule has 2 aromatic heterocycles. The molecule has 1 aliphatic rings. The number of hydrogen-bond donors (Lipinski definition) is 3. The van der Waals surface area contributed by atoms with Gasteiger partial charge in [-0.05, 0) is 60.9 Å². The van der Waals surface area contributed by atoms with Gasteiger partial charge in [-0.15, -0.1) is 0 Å². The number of aliphatic hydroxyl groups is 2. The van der Waals surface area contributed by atoms with Crippen LogP contribution < -0.4 is 0 Å².